The lowest BCUT2D eigenvalue weighted by Gasteiger charge is -2.14. The summed E-state index contributed by atoms with van der Waals surface area (Å²) in [4.78, 5) is 0. The standard InChI is InChI=1S/C12H12F2N2O/c13-10-2-1-3-11(14)9(10)6-12(16-15)8-4-5-17-7-8/h1-5,7,12,16H,6,15H2. The number of halogens is 2. The first-order chi connectivity index (χ1) is 8.22. The number of hydrogen-bond acceptors (Lipinski definition) is 3. The second-order valence-corrected chi connectivity index (χ2v) is 3.68. The highest BCUT2D eigenvalue weighted by Crippen LogP contribution is 2.21. The lowest BCUT2D eigenvalue weighted by Crippen LogP contribution is -2.29. The van der Waals surface area contributed by atoms with Crippen molar-refractivity contribution in [2.75, 3.05) is 0 Å². The Bertz CT molecular complexity index is 465. The molecular formula is C12H12F2N2O. The Labute approximate surface area is 97.2 Å². The third-order valence-electron chi connectivity index (χ3n) is 2.62. The van der Waals surface area contributed by atoms with Gasteiger partial charge in [-0.3, -0.25) is 11.3 Å². The van der Waals surface area contributed by atoms with Crippen LogP contribution in [0, 0.1) is 11.6 Å². The Kier molecular flexibility index (Phi) is 3.51. The van der Waals surface area contributed by atoms with Crippen molar-refractivity contribution in [3.05, 3.63) is 59.6 Å². The van der Waals surface area contributed by atoms with Crippen LogP contribution in [0.2, 0.25) is 0 Å². The molecule has 1 atom stereocenters. The van der Waals surface area contributed by atoms with Crippen LogP contribution in [0.5, 0.6) is 0 Å². The molecule has 2 aromatic rings. The second-order valence-electron chi connectivity index (χ2n) is 3.68. The lowest BCUT2D eigenvalue weighted by atomic mass is 10.0. The van der Waals surface area contributed by atoms with E-state index in [9.17, 15) is 8.78 Å². The third-order valence-corrected chi connectivity index (χ3v) is 2.62. The summed E-state index contributed by atoms with van der Waals surface area (Å²) in [5, 5.41) is 0. The fourth-order valence-corrected chi connectivity index (χ4v) is 1.68. The zero-order valence-corrected chi connectivity index (χ0v) is 8.99. The van der Waals surface area contributed by atoms with E-state index in [1.807, 2.05) is 0 Å². The summed E-state index contributed by atoms with van der Waals surface area (Å²) in [5.74, 6) is 4.22. The van der Waals surface area contributed by atoms with Crippen LogP contribution in [0.3, 0.4) is 0 Å². The monoisotopic (exact) mass is 238 g/mol. The van der Waals surface area contributed by atoms with Crippen molar-refractivity contribution in [1.29, 1.82) is 0 Å². The molecule has 0 aliphatic heterocycles. The number of hydrogen-bond donors (Lipinski definition) is 2. The van der Waals surface area contributed by atoms with Gasteiger partial charge in [0.1, 0.15) is 11.6 Å². The van der Waals surface area contributed by atoms with Gasteiger partial charge < -0.3 is 4.42 Å². The summed E-state index contributed by atoms with van der Waals surface area (Å²) in [6.45, 7) is 0. The zero-order valence-electron chi connectivity index (χ0n) is 8.99. The van der Waals surface area contributed by atoms with Gasteiger partial charge in [0.15, 0.2) is 0 Å². The first kappa shape index (κ1) is 11.8. The molecule has 0 spiro atoms. The molecule has 3 N–H and O–H groups in total. The van der Waals surface area contributed by atoms with Crippen LogP contribution >= 0.6 is 0 Å². The molecule has 0 saturated carbocycles. The van der Waals surface area contributed by atoms with Gasteiger partial charge in [0.25, 0.3) is 0 Å². The predicted octanol–water partition coefficient (Wildman–Crippen LogP) is 2.30. The fraction of sp³-hybridized carbons (Fsp3) is 0.167. The topological polar surface area (TPSA) is 51.2 Å². The maximum absolute atomic E-state index is 13.5. The van der Waals surface area contributed by atoms with Gasteiger partial charge in [-0.1, -0.05) is 6.07 Å². The van der Waals surface area contributed by atoms with E-state index >= 15 is 0 Å². The number of nitrogens with two attached hydrogens (primary N) is 1. The van der Waals surface area contributed by atoms with Crippen molar-refractivity contribution >= 4 is 0 Å². The maximum atomic E-state index is 13.5. The largest absolute Gasteiger partial charge is 0.472 e. The molecule has 3 nitrogen and oxygen atoms in total. The highest BCUT2D eigenvalue weighted by atomic mass is 19.1. The minimum atomic E-state index is -0.575. The van der Waals surface area contributed by atoms with Gasteiger partial charge in [0, 0.05) is 11.1 Å². The van der Waals surface area contributed by atoms with Crippen molar-refractivity contribution in [3.8, 4) is 0 Å². The number of furan rings is 1. The van der Waals surface area contributed by atoms with E-state index in [0.29, 0.717) is 0 Å². The molecule has 1 heterocycles. The molecule has 1 unspecified atom stereocenters. The quantitative estimate of drug-likeness (QED) is 0.634. The van der Waals surface area contributed by atoms with E-state index in [1.165, 1.54) is 30.7 Å². The third kappa shape index (κ3) is 2.51. The molecular weight excluding hydrogens is 226 g/mol. The van der Waals surface area contributed by atoms with Crippen molar-refractivity contribution in [2.45, 2.75) is 12.5 Å². The van der Waals surface area contributed by atoms with E-state index < -0.39 is 11.6 Å². The molecule has 90 valence electrons. The number of benzene rings is 1. The van der Waals surface area contributed by atoms with Crippen molar-refractivity contribution in [2.24, 2.45) is 5.84 Å². The van der Waals surface area contributed by atoms with Gasteiger partial charge in [0.2, 0.25) is 0 Å². The Morgan fingerprint density at radius 3 is 2.47 bits per heavy atom. The summed E-state index contributed by atoms with van der Waals surface area (Å²) in [6.07, 6.45) is 3.09. The SMILES string of the molecule is NNC(Cc1c(F)cccc1F)c1ccoc1. The maximum Gasteiger partial charge on any atom is 0.129 e. The van der Waals surface area contributed by atoms with Crippen LogP contribution in [0.4, 0.5) is 8.78 Å². The molecule has 0 radical (unpaired) electrons. The van der Waals surface area contributed by atoms with Crippen molar-refractivity contribution in [1.82, 2.24) is 5.43 Å². The van der Waals surface area contributed by atoms with Crippen LogP contribution in [-0.2, 0) is 6.42 Å². The molecule has 1 aromatic carbocycles. The van der Waals surface area contributed by atoms with E-state index in [0.717, 1.165) is 5.56 Å². The van der Waals surface area contributed by atoms with E-state index in [4.69, 9.17) is 10.3 Å². The van der Waals surface area contributed by atoms with Crippen LogP contribution in [-0.4, -0.2) is 0 Å². The van der Waals surface area contributed by atoms with E-state index in [-0.39, 0.29) is 18.0 Å². The van der Waals surface area contributed by atoms with Gasteiger partial charge in [-0.2, -0.15) is 0 Å². The Morgan fingerprint density at radius 1 is 1.24 bits per heavy atom. The Hall–Kier alpha value is -1.72. The minimum absolute atomic E-state index is 0.0108. The van der Waals surface area contributed by atoms with Gasteiger partial charge in [-0.25, -0.2) is 8.78 Å². The molecule has 0 fully saturated rings. The molecule has 2 rings (SSSR count). The lowest BCUT2D eigenvalue weighted by molar-refractivity contribution is 0.492. The van der Waals surface area contributed by atoms with Gasteiger partial charge in [0.05, 0.1) is 18.6 Å². The molecule has 17 heavy (non-hydrogen) atoms. The van der Waals surface area contributed by atoms with Gasteiger partial charge in [-0.05, 0) is 24.6 Å². The molecule has 0 saturated heterocycles. The van der Waals surface area contributed by atoms with Crippen LogP contribution in [0.25, 0.3) is 0 Å². The van der Waals surface area contributed by atoms with Crippen molar-refractivity contribution in [3.63, 3.8) is 0 Å². The minimum Gasteiger partial charge on any atom is -0.472 e. The highest BCUT2D eigenvalue weighted by Gasteiger charge is 2.17. The van der Waals surface area contributed by atoms with Gasteiger partial charge in [-0.15, -0.1) is 0 Å². The summed E-state index contributed by atoms with van der Waals surface area (Å²) in [7, 11) is 0. The van der Waals surface area contributed by atoms with Crippen LogP contribution in [0.1, 0.15) is 17.2 Å². The number of rotatable bonds is 4. The average molecular weight is 238 g/mol. The first-order valence-corrected chi connectivity index (χ1v) is 5.13. The predicted molar refractivity (Wildman–Crippen MR) is 58.8 cm³/mol. The van der Waals surface area contributed by atoms with Crippen molar-refractivity contribution < 1.29 is 13.2 Å². The Morgan fingerprint density at radius 2 is 1.94 bits per heavy atom. The molecule has 1 aromatic heterocycles. The summed E-state index contributed by atoms with van der Waals surface area (Å²) < 4.78 is 31.8. The normalized spacial score (nSPS) is 12.6. The number of hydrazine groups is 1. The smallest absolute Gasteiger partial charge is 0.129 e. The zero-order chi connectivity index (χ0) is 12.3. The highest BCUT2D eigenvalue weighted by molar-refractivity contribution is 5.23. The summed E-state index contributed by atoms with van der Waals surface area (Å²) >= 11 is 0. The van der Waals surface area contributed by atoms with Gasteiger partial charge >= 0.3 is 0 Å². The van der Waals surface area contributed by atoms with Crippen LogP contribution in [0.15, 0.2) is 41.2 Å². The second kappa shape index (κ2) is 5.07. The molecule has 5 heteroatoms. The van der Waals surface area contributed by atoms with E-state index in [2.05, 4.69) is 5.43 Å². The average Bonchev–Trinajstić information content (AvgIpc) is 2.82. The molecule has 0 aliphatic carbocycles. The number of nitrogens with one attached hydrogen (secondary N) is 1. The van der Waals surface area contributed by atoms with Crippen LogP contribution < -0.4 is 11.3 Å². The Balaban J connectivity index is 2.25. The fourth-order valence-electron chi connectivity index (χ4n) is 1.68. The summed E-state index contributed by atoms with van der Waals surface area (Å²) in [6, 6.07) is 5.09. The molecule has 0 amide bonds. The molecule has 0 aliphatic rings. The van der Waals surface area contributed by atoms with E-state index in [1.54, 1.807) is 6.07 Å². The summed E-state index contributed by atoms with van der Waals surface area (Å²) in [5.41, 5.74) is 3.27. The molecule has 0 bridgehead atoms. The first-order valence-electron chi connectivity index (χ1n) is 5.13.